The zero-order valence-electron chi connectivity index (χ0n) is 11.4. The van der Waals surface area contributed by atoms with Crippen LogP contribution in [0.4, 0.5) is 0 Å². The summed E-state index contributed by atoms with van der Waals surface area (Å²) in [6.45, 7) is 3.15. The van der Waals surface area contributed by atoms with Crippen LogP contribution in [0.3, 0.4) is 0 Å². The molecule has 0 bridgehead atoms. The smallest absolute Gasteiger partial charge is 0.115 e. The van der Waals surface area contributed by atoms with Gasteiger partial charge in [0.25, 0.3) is 0 Å². The van der Waals surface area contributed by atoms with E-state index in [9.17, 15) is 0 Å². The van der Waals surface area contributed by atoms with Crippen LogP contribution < -0.4 is 5.32 Å². The lowest BCUT2D eigenvalue weighted by Crippen LogP contribution is -2.23. The van der Waals surface area contributed by atoms with Crippen LogP contribution >= 0.6 is 11.3 Å². The van der Waals surface area contributed by atoms with Crippen molar-refractivity contribution in [1.82, 2.24) is 15.3 Å². The van der Waals surface area contributed by atoms with E-state index in [1.54, 1.807) is 17.7 Å². The number of benzene rings is 1. The summed E-state index contributed by atoms with van der Waals surface area (Å²) in [5, 5.41) is 7.16. The standard InChI is InChI=1S/C16H17N3S/c1-2-7-19-16(12-8-17-11-18-9-12)14-10-20-15-6-4-3-5-13(14)15/h3-6,8-11,16,19H,2,7H2,1H3. The highest BCUT2D eigenvalue weighted by molar-refractivity contribution is 7.17. The van der Waals surface area contributed by atoms with E-state index >= 15 is 0 Å². The summed E-state index contributed by atoms with van der Waals surface area (Å²) in [5.41, 5.74) is 2.43. The third-order valence-electron chi connectivity index (χ3n) is 3.33. The van der Waals surface area contributed by atoms with Gasteiger partial charge in [-0.15, -0.1) is 11.3 Å². The Balaban J connectivity index is 2.05. The Morgan fingerprint density at radius 1 is 1.20 bits per heavy atom. The summed E-state index contributed by atoms with van der Waals surface area (Å²) in [7, 11) is 0. The second-order valence-electron chi connectivity index (χ2n) is 4.75. The average molecular weight is 283 g/mol. The summed E-state index contributed by atoms with van der Waals surface area (Å²) >= 11 is 1.79. The Morgan fingerprint density at radius 2 is 2.00 bits per heavy atom. The van der Waals surface area contributed by atoms with Crippen LogP contribution in [-0.2, 0) is 0 Å². The van der Waals surface area contributed by atoms with Gasteiger partial charge in [-0.25, -0.2) is 9.97 Å². The molecule has 1 unspecified atom stereocenters. The minimum atomic E-state index is 0.160. The number of aromatic nitrogens is 2. The van der Waals surface area contributed by atoms with Crippen molar-refractivity contribution in [1.29, 1.82) is 0 Å². The Hall–Kier alpha value is -1.78. The molecule has 0 saturated heterocycles. The third kappa shape index (κ3) is 2.57. The first-order valence-electron chi connectivity index (χ1n) is 6.84. The SMILES string of the molecule is CCCNC(c1cncnc1)c1csc2ccccc12. The van der Waals surface area contributed by atoms with Gasteiger partial charge in [0.15, 0.2) is 0 Å². The molecular formula is C16H17N3S. The monoisotopic (exact) mass is 283 g/mol. The van der Waals surface area contributed by atoms with E-state index in [2.05, 4.69) is 51.9 Å². The molecule has 3 nitrogen and oxygen atoms in total. The highest BCUT2D eigenvalue weighted by Crippen LogP contribution is 2.33. The average Bonchev–Trinajstić information content (AvgIpc) is 2.93. The molecule has 3 aromatic rings. The number of fused-ring (bicyclic) bond motifs is 1. The van der Waals surface area contributed by atoms with Crippen LogP contribution in [0.1, 0.15) is 30.5 Å². The zero-order valence-corrected chi connectivity index (χ0v) is 12.2. The van der Waals surface area contributed by atoms with E-state index in [-0.39, 0.29) is 6.04 Å². The van der Waals surface area contributed by atoms with Gasteiger partial charge in [-0.2, -0.15) is 0 Å². The summed E-state index contributed by atoms with van der Waals surface area (Å²) in [5.74, 6) is 0. The molecule has 1 atom stereocenters. The maximum atomic E-state index is 4.16. The van der Waals surface area contributed by atoms with Gasteiger partial charge in [0.2, 0.25) is 0 Å². The van der Waals surface area contributed by atoms with E-state index in [0.717, 1.165) is 18.5 Å². The zero-order chi connectivity index (χ0) is 13.8. The van der Waals surface area contributed by atoms with Crippen LogP contribution in [0, 0.1) is 0 Å². The molecule has 0 aliphatic rings. The van der Waals surface area contributed by atoms with Gasteiger partial charge in [0.05, 0.1) is 6.04 Å². The first kappa shape index (κ1) is 13.2. The summed E-state index contributed by atoms with van der Waals surface area (Å²) in [6, 6.07) is 8.69. The number of hydrogen-bond acceptors (Lipinski definition) is 4. The summed E-state index contributed by atoms with van der Waals surface area (Å²) in [6.07, 6.45) is 6.47. The lowest BCUT2D eigenvalue weighted by molar-refractivity contribution is 0.599. The Labute approximate surface area is 122 Å². The van der Waals surface area contributed by atoms with Crippen molar-refractivity contribution in [2.75, 3.05) is 6.54 Å². The maximum Gasteiger partial charge on any atom is 0.115 e. The number of rotatable bonds is 5. The predicted molar refractivity (Wildman–Crippen MR) is 84.0 cm³/mol. The number of hydrogen-bond donors (Lipinski definition) is 1. The van der Waals surface area contributed by atoms with Crippen LogP contribution in [0.15, 0.2) is 48.4 Å². The number of nitrogens with zero attached hydrogens (tertiary/aromatic N) is 2. The van der Waals surface area contributed by atoms with Gasteiger partial charge < -0.3 is 5.32 Å². The lowest BCUT2D eigenvalue weighted by atomic mass is 10.0. The fourth-order valence-electron chi connectivity index (χ4n) is 2.38. The second kappa shape index (κ2) is 6.11. The molecule has 3 rings (SSSR count). The summed E-state index contributed by atoms with van der Waals surface area (Å²) in [4.78, 5) is 8.31. The molecule has 0 aliphatic heterocycles. The molecule has 4 heteroatoms. The third-order valence-corrected chi connectivity index (χ3v) is 4.32. The molecule has 20 heavy (non-hydrogen) atoms. The molecule has 1 N–H and O–H groups in total. The van der Waals surface area contributed by atoms with Gasteiger partial charge in [0, 0.05) is 22.7 Å². The van der Waals surface area contributed by atoms with E-state index in [4.69, 9.17) is 0 Å². The Morgan fingerprint density at radius 3 is 2.80 bits per heavy atom. The largest absolute Gasteiger partial charge is 0.306 e. The van der Waals surface area contributed by atoms with Crippen LogP contribution in [0.5, 0.6) is 0 Å². The first-order valence-corrected chi connectivity index (χ1v) is 7.72. The minimum absolute atomic E-state index is 0.160. The molecule has 0 amide bonds. The van der Waals surface area contributed by atoms with Crippen molar-refractivity contribution in [3.63, 3.8) is 0 Å². The van der Waals surface area contributed by atoms with Crippen LogP contribution in [-0.4, -0.2) is 16.5 Å². The molecule has 0 aliphatic carbocycles. The predicted octanol–water partition coefficient (Wildman–Crippen LogP) is 3.78. The first-order chi connectivity index (χ1) is 9.90. The molecule has 2 aromatic heterocycles. The van der Waals surface area contributed by atoms with Crippen molar-refractivity contribution in [2.45, 2.75) is 19.4 Å². The summed E-state index contributed by atoms with van der Waals surface area (Å²) < 4.78 is 1.32. The minimum Gasteiger partial charge on any atom is -0.306 e. The fourth-order valence-corrected chi connectivity index (χ4v) is 3.36. The normalized spacial score (nSPS) is 12.7. The fraction of sp³-hybridized carbons (Fsp3) is 0.250. The van der Waals surface area contributed by atoms with Crippen molar-refractivity contribution in [3.8, 4) is 0 Å². The molecule has 0 fully saturated rings. The van der Waals surface area contributed by atoms with Crippen molar-refractivity contribution < 1.29 is 0 Å². The molecule has 0 radical (unpaired) electrons. The molecule has 2 heterocycles. The Bertz CT molecular complexity index is 678. The lowest BCUT2D eigenvalue weighted by Gasteiger charge is -2.18. The van der Waals surface area contributed by atoms with E-state index < -0.39 is 0 Å². The van der Waals surface area contributed by atoms with Crippen molar-refractivity contribution in [2.24, 2.45) is 0 Å². The van der Waals surface area contributed by atoms with Gasteiger partial charge in [-0.3, -0.25) is 0 Å². The van der Waals surface area contributed by atoms with Gasteiger partial charge in [0.1, 0.15) is 6.33 Å². The second-order valence-corrected chi connectivity index (χ2v) is 5.66. The van der Waals surface area contributed by atoms with Crippen molar-refractivity contribution in [3.05, 3.63) is 59.5 Å². The Kier molecular flexibility index (Phi) is 4.04. The van der Waals surface area contributed by atoms with Crippen molar-refractivity contribution >= 4 is 21.4 Å². The molecule has 1 aromatic carbocycles. The highest BCUT2D eigenvalue weighted by Gasteiger charge is 2.17. The number of nitrogens with one attached hydrogen (secondary N) is 1. The van der Waals surface area contributed by atoms with Gasteiger partial charge in [-0.05, 0) is 35.4 Å². The quantitative estimate of drug-likeness (QED) is 0.774. The number of thiophene rings is 1. The van der Waals surface area contributed by atoms with E-state index in [1.807, 2.05) is 12.4 Å². The topological polar surface area (TPSA) is 37.8 Å². The molecule has 102 valence electrons. The van der Waals surface area contributed by atoms with E-state index in [1.165, 1.54) is 15.6 Å². The molecule has 0 saturated carbocycles. The molecular weight excluding hydrogens is 266 g/mol. The maximum absolute atomic E-state index is 4.16. The van der Waals surface area contributed by atoms with Crippen LogP contribution in [0.2, 0.25) is 0 Å². The van der Waals surface area contributed by atoms with E-state index in [0.29, 0.717) is 0 Å². The van der Waals surface area contributed by atoms with Gasteiger partial charge >= 0.3 is 0 Å². The molecule has 0 spiro atoms. The highest BCUT2D eigenvalue weighted by atomic mass is 32.1. The van der Waals surface area contributed by atoms with Gasteiger partial charge in [-0.1, -0.05) is 25.1 Å². The van der Waals surface area contributed by atoms with Crippen LogP contribution in [0.25, 0.3) is 10.1 Å².